The number of H-pyrrole nitrogens is 1. The molecule has 0 saturated heterocycles. The summed E-state index contributed by atoms with van der Waals surface area (Å²) in [6.45, 7) is 0. The summed E-state index contributed by atoms with van der Waals surface area (Å²) < 4.78 is 0.880. The van der Waals surface area contributed by atoms with Gasteiger partial charge in [-0.1, -0.05) is 30.3 Å². The summed E-state index contributed by atoms with van der Waals surface area (Å²) in [5, 5.41) is 18.4. The van der Waals surface area contributed by atoms with Gasteiger partial charge in [0.2, 0.25) is 4.77 Å². The number of nitrogens with one attached hydrogen (secondary N) is 1. The van der Waals surface area contributed by atoms with E-state index in [0.29, 0.717) is 5.56 Å². The third-order valence-corrected chi connectivity index (χ3v) is 3.62. The molecule has 106 valence electrons. The van der Waals surface area contributed by atoms with Crippen molar-refractivity contribution < 1.29 is 5.11 Å². The Bertz CT molecular complexity index is 946. The highest BCUT2D eigenvalue weighted by atomic mass is 32.1. The zero-order chi connectivity index (χ0) is 15.0. The molecule has 0 unspecified atom stereocenters. The van der Waals surface area contributed by atoms with Crippen LogP contribution in [-0.2, 0) is 6.42 Å². The molecule has 1 heterocycles. The Morgan fingerprint density at radius 1 is 1.29 bits per heavy atom. The van der Waals surface area contributed by atoms with E-state index in [1.54, 1.807) is 6.07 Å². The predicted molar refractivity (Wildman–Crippen MR) is 82.3 cm³/mol. The lowest BCUT2D eigenvalue weighted by Crippen LogP contribution is -2.32. The molecular weight excluding hydrogens is 288 g/mol. The van der Waals surface area contributed by atoms with E-state index in [9.17, 15) is 9.90 Å². The Kier molecular flexibility index (Phi) is 3.19. The number of nitrogens with two attached hydrogens (primary N) is 1. The number of phenolic OH excluding ortho intramolecular Hbond substituents is 1. The zero-order valence-corrected chi connectivity index (χ0v) is 11.7. The summed E-state index contributed by atoms with van der Waals surface area (Å²) in [5.41, 5.74) is 0.340. The van der Waals surface area contributed by atoms with Gasteiger partial charge >= 0.3 is 0 Å². The van der Waals surface area contributed by atoms with Crippen LogP contribution in [-0.4, -0.2) is 20.0 Å². The van der Waals surface area contributed by atoms with Gasteiger partial charge in [0.25, 0.3) is 5.56 Å². The van der Waals surface area contributed by atoms with Crippen LogP contribution in [0.5, 0.6) is 5.75 Å². The molecule has 3 rings (SSSR count). The van der Waals surface area contributed by atoms with E-state index in [1.807, 2.05) is 30.3 Å². The van der Waals surface area contributed by atoms with Gasteiger partial charge in [-0.3, -0.25) is 9.89 Å². The highest BCUT2D eigenvalue weighted by Crippen LogP contribution is 2.28. The number of benzene rings is 2. The van der Waals surface area contributed by atoms with Crippen LogP contribution in [0.15, 0.2) is 41.2 Å². The van der Waals surface area contributed by atoms with Crippen LogP contribution < -0.4 is 11.4 Å². The van der Waals surface area contributed by atoms with Gasteiger partial charge in [-0.25, -0.2) is 0 Å². The topological polar surface area (TPSA) is 96.9 Å². The van der Waals surface area contributed by atoms with Crippen LogP contribution in [0.4, 0.5) is 0 Å². The first-order chi connectivity index (χ1) is 10.1. The molecule has 0 atom stereocenters. The van der Waals surface area contributed by atoms with E-state index < -0.39 is 5.56 Å². The number of aromatic amines is 1. The maximum absolute atomic E-state index is 12.0. The zero-order valence-electron chi connectivity index (χ0n) is 10.9. The quantitative estimate of drug-likeness (QED) is 0.492. The van der Waals surface area contributed by atoms with Crippen LogP contribution in [0.2, 0.25) is 0 Å². The average molecular weight is 300 g/mol. The van der Waals surface area contributed by atoms with Crippen molar-refractivity contribution in [1.29, 1.82) is 0 Å². The number of rotatable bonds is 2. The Morgan fingerprint density at radius 3 is 2.86 bits per heavy atom. The summed E-state index contributed by atoms with van der Waals surface area (Å²) in [7, 11) is 0. The SMILES string of the molecule is Nn1c(=S)[nH]nc(Cc2c(O)ccc3ccccc23)c1=O. The maximum Gasteiger partial charge on any atom is 0.295 e. The van der Waals surface area contributed by atoms with Crippen molar-refractivity contribution in [3.63, 3.8) is 0 Å². The first-order valence-electron chi connectivity index (χ1n) is 6.23. The fourth-order valence-corrected chi connectivity index (χ4v) is 2.37. The molecule has 0 saturated carbocycles. The number of aromatic hydroxyl groups is 1. The minimum atomic E-state index is -0.480. The van der Waals surface area contributed by atoms with Crippen LogP contribution in [0.1, 0.15) is 11.3 Å². The fraction of sp³-hybridized carbons (Fsp3) is 0.0714. The fourth-order valence-electron chi connectivity index (χ4n) is 2.24. The van der Waals surface area contributed by atoms with Crippen LogP contribution >= 0.6 is 12.2 Å². The van der Waals surface area contributed by atoms with E-state index in [-0.39, 0.29) is 22.6 Å². The molecule has 0 bridgehead atoms. The minimum Gasteiger partial charge on any atom is -0.508 e. The standard InChI is InChI=1S/C14H12N4O2S/c15-18-13(20)11(16-17-14(18)21)7-10-9-4-2-1-3-8(9)5-6-12(10)19/h1-6,19H,7,15H2,(H,17,21). The first-order valence-corrected chi connectivity index (χ1v) is 6.64. The second kappa shape index (κ2) is 5.02. The molecular formula is C14H12N4O2S. The molecule has 0 radical (unpaired) electrons. The lowest BCUT2D eigenvalue weighted by Gasteiger charge is -2.09. The molecule has 0 spiro atoms. The van der Waals surface area contributed by atoms with Gasteiger partial charge in [0.05, 0.1) is 0 Å². The lowest BCUT2D eigenvalue weighted by atomic mass is 10.00. The largest absolute Gasteiger partial charge is 0.508 e. The molecule has 0 aliphatic heterocycles. The Hall–Kier alpha value is -2.67. The number of fused-ring (bicyclic) bond motifs is 1. The Morgan fingerprint density at radius 2 is 2.05 bits per heavy atom. The molecule has 3 aromatic rings. The van der Waals surface area contributed by atoms with E-state index in [2.05, 4.69) is 10.2 Å². The van der Waals surface area contributed by atoms with Crippen molar-refractivity contribution in [2.45, 2.75) is 6.42 Å². The molecule has 0 amide bonds. The third kappa shape index (κ3) is 2.27. The number of phenols is 1. The maximum atomic E-state index is 12.0. The number of hydrogen-bond donors (Lipinski definition) is 3. The number of aromatic nitrogens is 3. The molecule has 7 heteroatoms. The van der Waals surface area contributed by atoms with Crippen molar-refractivity contribution in [3.05, 3.63) is 62.8 Å². The average Bonchev–Trinajstić information content (AvgIpc) is 2.50. The third-order valence-electron chi connectivity index (χ3n) is 3.33. The predicted octanol–water partition coefficient (Wildman–Crippen LogP) is 1.46. The summed E-state index contributed by atoms with van der Waals surface area (Å²) >= 11 is 4.84. The van der Waals surface area contributed by atoms with Crippen molar-refractivity contribution in [1.82, 2.24) is 14.9 Å². The van der Waals surface area contributed by atoms with E-state index in [0.717, 1.165) is 15.4 Å². The van der Waals surface area contributed by atoms with Crippen molar-refractivity contribution in [2.75, 3.05) is 5.84 Å². The monoisotopic (exact) mass is 300 g/mol. The second-order valence-corrected chi connectivity index (χ2v) is 5.00. The Labute approximate surface area is 124 Å². The smallest absolute Gasteiger partial charge is 0.295 e. The Balaban J connectivity index is 2.19. The van der Waals surface area contributed by atoms with E-state index in [4.69, 9.17) is 18.1 Å². The molecule has 0 aliphatic rings. The van der Waals surface area contributed by atoms with Crippen LogP contribution in [0.3, 0.4) is 0 Å². The second-order valence-electron chi connectivity index (χ2n) is 4.61. The first kappa shape index (κ1) is 13.3. The van der Waals surface area contributed by atoms with Gasteiger partial charge in [0.1, 0.15) is 11.4 Å². The van der Waals surface area contributed by atoms with Gasteiger partial charge in [0.15, 0.2) is 0 Å². The minimum absolute atomic E-state index is 0.0471. The highest BCUT2D eigenvalue weighted by molar-refractivity contribution is 7.71. The molecule has 6 nitrogen and oxygen atoms in total. The summed E-state index contributed by atoms with van der Waals surface area (Å²) in [6, 6.07) is 11.0. The molecule has 0 aliphatic carbocycles. The molecule has 2 aromatic carbocycles. The van der Waals surface area contributed by atoms with Crippen molar-refractivity contribution in [3.8, 4) is 5.75 Å². The molecule has 0 fully saturated rings. The molecule has 21 heavy (non-hydrogen) atoms. The molecule has 4 N–H and O–H groups in total. The van der Waals surface area contributed by atoms with E-state index in [1.165, 1.54) is 0 Å². The van der Waals surface area contributed by atoms with Crippen LogP contribution in [0.25, 0.3) is 10.8 Å². The summed E-state index contributed by atoms with van der Waals surface area (Å²) in [4.78, 5) is 12.0. The normalized spacial score (nSPS) is 10.9. The van der Waals surface area contributed by atoms with Gasteiger partial charge in [-0.15, -0.1) is 0 Å². The summed E-state index contributed by atoms with van der Waals surface area (Å²) in [6.07, 6.45) is 0.162. The van der Waals surface area contributed by atoms with Gasteiger partial charge in [0, 0.05) is 12.0 Å². The van der Waals surface area contributed by atoms with Gasteiger partial charge in [-0.05, 0) is 29.1 Å². The highest BCUT2D eigenvalue weighted by Gasteiger charge is 2.12. The van der Waals surface area contributed by atoms with Gasteiger partial charge < -0.3 is 10.9 Å². The van der Waals surface area contributed by atoms with Gasteiger partial charge in [-0.2, -0.15) is 9.77 Å². The number of nitrogens with zero attached hydrogens (tertiary/aromatic N) is 2. The molecule has 1 aromatic heterocycles. The van der Waals surface area contributed by atoms with Crippen molar-refractivity contribution in [2.24, 2.45) is 0 Å². The number of hydrogen-bond acceptors (Lipinski definition) is 5. The van der Waals surface area contributed by atoms with Crippen LogP contribution in [0, 0.1) is 4.77 Å². The number of nitrogen functional groups attached to an aromatic ring is 1. The van der Waals surface area contributed by atoms with Crippen molar-refractivity contribution >= 4 is 23.0 Å². The van der Waals surface area contributed by atoms with E-state index >= 15 is 0 Å². The summed E-state index contributed by atoms with van der Waals surface area (Å²) in [5.74, 6) is 5.67. The lowest BCUT2D eigenvalue weighted by molar-refractivity contribution is 0.470.